The number of hydrogen-bond donors (Lipinski definition) is 1. The molecule has 3 nitrogen and oxygen atoms in total. The predicted octanol–water partition coefficient (Wildman–Crippen LogP) is 3.73. The Morgan fingerprint density at radius 3 is 2.25 bits per heavy atom. The van der Waals surface area contributed by atoms with Crippen molar-refractivity contribution in [2.75, 3.05) is 18.9 Å². The first-order chi connectivity index (χ1) is 9.65. The summed E-state index contributed by atoms with van der Waals surface area (Å²) in [5, 5.41) is 0. The van der Waals surface area contributed by atoms with Crippen molar-refractivity contribution in [3.05, 3.63) is 53.6 Å². The van der Waals surface area contributed by atoms with Crippen LogP contribution < -0.4 is 15.2 Å². The maximum absolute atomic E-state index is 5.80. The molecule has 2 aromatic carbocycles. The van der Waals surface area contributed by atoms with Crippen molar-refractivity contribution < 1.29 is 9.47 Å². The highest BCUT2D eigenvalue weighted by Gasteiger charge is 1.99. The standard InChI is InChI=1S/C17H21NO2/c1-13-10-14(2)12-15(11-13)19-8-5-9-20-17-7-4-3-6-16(17)18/h3-4,6-7,10-12H,5,8-9,18H2,1-2H3. The molecular weight excluding hydrogens is 250 g/mol. The number of rotatable bonds is 6. The van der Waals surface area contributed by atoms with E-state index >= 15 is 0 Å². The van der Waals surface area contributed by atoms with E-state index in [1.807, 2.05) is 36.4 Å². The summed E-state index contributed by atoms with van der Waals surface area (Å²) >= 11 is 0. The zero-order valence-electron chi connectivity index (χ0n) is 12.1. The van der Waals surface area contributed by atoms with Crippen molar-refractivity contribution in [3.8, 4) is 11.5 Å². The molecule has 0 aliphatic rings. The van der Waals surface area contributed by atoms with Gasteiger partial charge in [0.05, 0.1) is 18.9 Å². The van der Waals surface area contributed by atoms with Crippen LogP contribution in [0.25, 0.3) is 0 Å². The van der Waals surface area contributed by atoms with Crippen LogP contribution in [0.5, 0.6) is 11.5 Å². The summed E-state index contributed by atoms with van der Waals surface area (Å²) in [7, 11) is 0. The SMILES string of the molecule is Cc1cc(C)cc(OCCCOc2ccccc2N)c1. The number of ether oxygens (including phenoxy) is 2. The average molecular weight is 271 g/mol. The van der Waals surface area contributed by atoms with Crippen LogP contribution >= 0.6 is 0 Å². The van der Waals surface area contributed by atoms with Gasteiger partial charge in [-0.15, -0.1) is 0 Å². The molecule has 0 radical (unpaired) electrons. The smallest absolute Gasteiger partial charge is 0.142 e. The normalized spacial score (nSPS) is 10.3. The van der Waals surface area contributed by atoms with E-state index < -0.39 is 0 Å². The fraction of sp³-hybridized carbons (Fsp3) is 0.294. The summed E-state index contributed by atoms with van der Waals surface area (Å²) in [5.74, 6) is 1.65. The molecule has 2 N–H and O–H groups in total. The third-order valence-electron chi connectivity index (χ3n) is 2.93. The van der Waals surface area contributed by atoms with E-state index in [0.717, 1.165) is 17.9 Å². The molecule has 0 amide bonds. The lowest BCUT2D eigenvalue weighted by Crippen LogP contribution is -2.06. The van der Waals surface area contributed by atoms with E-state index in [4.69, 9.17) is 15.2 Å². The molecule has 0 spiro atoms. The number of benzene rings is 2. The monoisotopic (exact) mass is 271 g/mol. The molecule has 2 aromatic rings. The van der Waals surface area contributed by atoms with Crippen molar-refractivity contribution >= 4 is 5.69 Å². The van der Waals surface area contributed by atoms with Crippen LogP contribution in [0.2, 0.25) is 0 Å². The van der Waals surface area contributed by atoms with Gasteiger partial charge in [-0.3, -0.25) is 0 Å². The van der Waals surface area contributed by atoms with Gasteiger partial charge in [-0.1, -0.05) is 18.2 Å². The molecular formula is C17H21NO2. The van der Waals surface area contributed by atoms with Gasteiger partial charge in [-0.05, 0) is 49.2 Å². The third-order valence-corrected chi connectivity index (χ3v) is 2.93. The topological polar surface area (TPSA) is 44.5 Å². The van der Waals surface area contributed by atoms with Crippen LogP contribution in [0.4, 0.5) is 5.69 Å². The van der Waals surface area contributed by atoms with Crippen molar-refractivity contribution in [2.24, 2.45) is 0 Å². The Morgan fingerprint density at radius 2 is 1.55 bits per heavy atom. The van der Waals surface area contributed by atoms with Gasteiger partial charge in [0.15, 0.2) is 0 Å². The first-order valence-electron chi connectivity index (χ1n) is 6.83. The van der Waals surface area contributed by atoms with E-state index in [-0.39, 0.29) is 0 Å². The second-order valence-electron chi connectivity index (χ2n) is 4.91. The molecule has 0 atom stereocenters. The molecule has 106 valence electrons. The molecule has 0 fully saturated rings. The maximum atomic E-state index is 5.80. The van der Waals surface area contributed by atoms with Crippen molar-refractivity contribution in [2.45, 2.75) is 20.3 Å². The van der Waals surface area contributed by atoms with Crippen LogP contribution in [0.15, 0.2) is 42.5 Å². The van der Waals surface area contributed by atoms with Gasteiger partial charge in [0.1, 0.15) is 11.5 Å². The molecule has 0 saturated heterocycles. The Hall–Kier alpha value is -2.16. The molecule has 0 aliphatic carbocycles. The van der Waals surface area contributed by atoms with E-state index in [0.29, 0.717) is 18.9 Å². The summed E-state index contributed by atoms with van der Waals surface area (Å²) in [4.78, 5) is 0. The molecule has 20 heavy (non-hydrogen) atoms. The van der Waals surface area contributed by atoms with Gasteiger partial charge in [0, 0.05) is 6.42 Å². The Labute approximate surface area is 120 Å². The minimum atomic E-state index is 0.596. The number of hydrogen-bond acceptors (Lipinski definition) is 3. The van der Waals surface area contributed by atoms with Crippen LogP contribution in [0.3, 0.4) is 0 Å². The zero-order chi connectivity index (χ0) is 14.4. The van der Waals surface area contributed by atoms with Gasteiger partial charge in [0.25, 0.3) is 0 Å². The maximum Gasteiger partial charge on any atom is 0.142 e. The van der Waals surface area contributed by atoms with Crippen LogP contribution in [0.1, 0.15) is 17.5 Å². The second kappa shape index (κ2) is 6.85. The van der Waals surface area contributed by atoms with Gasteiger partial charge in [-0.2, -0.15) is 0 Å². The van der Waals surface area contributed by atoms with Crippen LogP contribution in [-0.2, 0) is 0 Å². The van der Waals surface area contributed by atoms with Gasteiger partial charge < -0.3 is 15.2 Å². The van der Waals surface area contributed by atoms with E-state index in [9.17, 15) is 0 Å². The van der Waals surface area contributed by atoms with Gasteiger partial charge in [0.2, 0.25) is 0 Å². The first-order valence-corrected chi connectivity index (χ1v) is 6.83. The summed E-state index contributed by atoms with van der Waals surface area (Å²) in [6, 6.07) is 13.7. The highest BCUT2D eigenvalue weighted by Crippen LogP contribution is 2.20. The lowest BCUT2D eigenvalue weighted by atomic mass is 10.1. The lowest BCUT2D eigenvalue weighted by molar-refractivity contribution is 0.248. The Bertz CT molecular complexity index is 546. The van der Waals surface area contributed by atoms with Crippen LogP contribution in [-0.4, -0.2) is 13.2 Å². The van der Waals surface area contributed by atoms with E-state index in [2.05, 4.69) is 19.9 Å². The van der Waals surface area contributed by atoms with Crippen molar-refractivity contribution in [3.63, 3.8) is 0 Å². The number of para-hydroxylation sites is 2. The lowest BCUT2D eigenvalue weighted by Gasteiger charge is -2.10. The summed E-state index contributed by atoms with van der Waals surface area (Å²) in [6.07, 6.45) is 0.821. The van der Waals surface area contributed by atoms with Gasteiger partial charge in [-0.25, -0.2) is 0 Å². The summed E-state index contributed by atoms with van der Waals surface area (Å²) in [6.45, 7) is 5.37. The van der Waals surface area contributed by atoms with Gasteiger partial charge >= 0.3 is 0 Å². The molecule has 0 aromatic heterocycles. The first kappa shape index (κ1) is 14.3. The highest BCUT2D eigenvalue weighted by molar-refractivity contribution is 5.51. The molecule has 0 bridgehead atoms. The molecule has 0 saturated carbocycles. The predicted molar refractivity (Wildman–Crippen MR) is 82.4 cm³/mol. The van der Waals surface area contributed by atoms with E-state index in [1.165, 1.54) is 11.1 Å². The average Bonchev–Trinajstić information content (AvgIpc) is 2.39. The second-order valence-corrected chi connectivity index (χ2v) is 4.91. The number of nitrogens with two attached hydrogens (primary N) is 1. The fourth-order valence-corrected chi connectivity index (χ4v) is 2.06. The Morgan fingerprint density at radius 1 is 0.900 bits per heavy atom. The van der Waals surface area contributed by atoms with E-state index in [1.54, 1.807) is 0 Å². The molecule has 0 unspecified atom stereocenters. The minimum absolute atomic E-state index is 0.596. The third kappa shape index (κ3) is 4.19. The molecule has 0 heterocycles. The summed E-state index contributed by atoms with van der Waals surface area (Å²) in [5.41, 5.74) is 8.90. The molecule has 0 aliphatic heterocycles. The Balaban J connectivity index is 1.73. The van der Waals surface area contributed by atoms with Crippen molar-refractivity contribution in [1.82, 2.24) is 0 Å². The van der Waals surface area contributed by atoms with Crippen LogP contribution in [0, 0.1) is 13.8 Å². The summed E-state index contributed by atoms with van der Waals surface area (Å²) < 4.78 is 11.3. The van der Waals surface area contributed by atoms with Crippen molar-refractivity contribution in [1.29, 1.82) is 0 Å². The number of aryl methyl sites for hydroxylation is 2. The Kier molecular flexibility index (Phi) is 4.88. The number of anilines is 1. The highest BCUT2D eigenvalue weighted by atomic mass is 16.5. The number of nitrogen functional groups attached to an aromatic ring is 1. The molecule has 2 rings (SSSR count). The zero-order valence-corrected chi connectivity index (χ0v) is 12.1. The minimum Gasteiger partial charge on any atom is -0.493 e. The molecule has 3 heteroatoms. The fourth-order valence-electron chi connectivity index (χ4n) is 2.06. The quantitative estimate of drug-likeness (QED) is 0.643. The largest absolute Gasteiger partial charge is 0.493 e.